The summed E-state index contributed by atoms with van der Waals surface area (Å²) in [5.74, 6) is 1.88. The van der Waals surface area contributed by atoms with Gasteiger partial charge in [0.1, 0.15) is 11.2 Å². The van der Waals surface area contributed by atoms with Gasteiger partial charge in [0, 0.05) is 58.6 Å². The number of fused-ring (bicyclic) bond motifs is 8. The summed E-state index contributed by atoms with van der Waals surface area (Å²) < 4.78 is 9.21. The van der Waals surface area contributed by atoms with Crippen molar-refractivity contribution in [3.8, 4) is 56.4 Å². The Hall–Kier alpha value is -6.95. The van der Waals surface area contributed by atoms with E-state index in [1.54, 1.807) is 11.3 Å². The summed E-state index contributed by atoms with van der Waals surface area (Å²) in [6.07, 6.45) is 0. The Morgan fingerprint density at radius 1 is 0.333 bits per heavy atom. The van der Waals surface area contributed by atoms with Crippen molar-refractivity contribution < 1.29 is 4.42 Å². The van der Waals surface area contributed by atoms with E-state index in [0.717, 1.165) is 76.4 Å². The topological polar surface area (TPSA) is 51.8 Å². The molecule has 8 aromatic carbocycles. The molecule has 0 saturated carbocycles. The van der Waals surface area contributed by atoms with Gasteiger partial charge in [-0.15, -0.1) is 11.3 Å². The second-order valence-corrected chi connectivity index (χ2v) is 14.6. The molecule has 0 aliphatic carbocycles. The summed E-state index contributed by atoms with van der Waals surface area (Å²) in [6, 6.07) is 61.4. The number of hydrogen-bond acceptors (Lipinski definition) is 5. The SMILES string of the molecule is c1ccc(-c2cccc(-c3nc(-c4cc5c6cccc(-c7ccccc7)c6oc5c5ccccc45)nc(-c4cccc5c4sc4ccccc45)n3)c2)cc1. The van der Waals surface area contributed by atoms with Crippen LogP contribution in [0.5, 0.6) is 0 Å². The van der Waals surface area contributed by atoms with Crippen molar-refractivity contribution in [3.63, 3.8) is 0 Å². The molecule has 0 saturated heterocycles. The minimum absolute atomic E-state index is 0.616. The van der Waals surface area contributed by atoms with Crippen LogP contribution in [0, 0.1) is 0 Å². The predicted molar refractivity (Wildman–Crippen MR) is 225 cm³/mol. The van der Waals surface area contributed by atoms with Crippen molar-refractivity contribution in [2.45, 2.75) is 0 Å². The van der Waals surface area contributed by atoms with Crippen molar-refractivity contribution in [1.29, 1.82) is 0 Å². The average molecular weight is 708 g/mol. The molecule has 0 aliphatic heterocycles. The van der Waals surface area contributed by atoms with Crippen molar-refractivity contribution in [2.75, 3.05) is 0 Å². The van der Waals surface area contributed by atoms with Crippen molar-refractivity contribution >= 4 is 64.2 Å². The number of thiophene rings is 1. The zero-order valence-electron chi connectivity index (χ0n) is 28.9. The zero-order valence-corrected chi connectivity index (χ0v) is 29.7. The zero-order chi connectivity index (χ0) is 35.6. The van der Waals surface area contributed by atoms with Gasteiger partial charge in [0.2, 0.25) is 0 Å². The van der Waals surface area contributed by atoms with Crippen LogP contribution in [0.3, 0.4) is 0 Å². The Morgan fingerprint density at radius 3 is 1.70 bits per heavy atom. The first-order valence-electron chi connectivity index (χ1n) is 18.0. The molecule has 0 spiro atoms. The molecule has 54 heavy (non-hydrogen) atoms. The first-order valence-corrected chi connectivity index (χ1v) is 18.8. The largest absolute Gasteiger partial charge is 0.455 e. The summed E-state index contributed by atoms with van der Waals surface area (Å²) in [6.45, 7) is 0. The second kappa shape index (κ2) is 12.3. The van der Waals surface area contributed by atoms with E-state index >= 15 is 0 Å². The molecule has 0 aliphatic rings. The molecule has 11 rings (SSSR count). The molecule has 11 aromatic rings. The maximum absolute atomic E-state index is 6.81. The van der Waals surface area contributed by atoms with Crippen LogP contribution in [-0.4, -0.2) is 15.0 Å². The third-order valence-corrected chi connectivity index (χ3v) is 11.6. The fraction of sp³-hybridized carbons (Fsp3) is 0. The lowest BCUT2D eigenvalue weighted by Crippen LogP contribution is -2.01. The lowest BCUT2D eigenvalue weighted by atomic mass is 9.98. The highest BCUT2D eigenvalue weighted by atomic mass is 32.1. The van der Waals surface area contributed by atoms with Crippen LogP contribution >= 0.6 is 11.3 Å². The van der Waals surface area contributed by atoms with E-state index in [0.29, 0.717) is 17.5 Å². The van der Waals surface area contributed by atoms with Crippen LogP contribution in [0.2, 0.25) is 0 Å². The third kappa shape index (κ3) is 4.94. The Kier molecular flexibility index (Phi) is 7.00. The quantitative estimate of drug-likeness (QED) is 0.179. The van der Waals surface area contributed by atoms with E-state index in [4.69, 9.17) is 19.4 Å². The Morgan fingerprint density at radius 2 is 0.889 bits per heavy atom. The number of para-hydroxylation sites is 1. The molecule has 3 aromatic heterocycles. The molecule has 0 radical (unpaired) electrons. The molecule has 0 unspecified atom stereocenters. The first kappa shape index (κ1) is 30.7. The van der Waals surface area contributed by atoms with Crippen LogP contribution in [-0.2, 0) is 0 Å². The highest BCUT2D eigenvalue weighted by molar-refractivity contribution is 7.26. The minimum atomic E-state index is 0.616. The van der Waals surface area contributed by atoms with Crippen molar-refractivity contribution in [1.82, 2.24) is 15.0 Å². The van der Waals surface area contributed by atoms with Gasteiger partial charge < -0.3 is 4.42 Å². The summed E-state index contributed by atoms with van der Waals surface area (Å²) in [5.41, 5.74) is 9.00. The van der Waals surface area contributed by atoms with E-state index in [9.17, 15) is 0 Å². The fourth-order valence-corrected chi connectivity index (χ4v) is 9.00. The lowest BCUT2D eigenvalue weighted by molar-refractivity contribution is 0.674. The molecule has 0 bridgehead atoms. The highest BCUT2D eigenvalue weighted by Crippen LogP contribution is 2.43. The van der Waals surface area contributed by atoms with Gasteiger partial charge in [-0.25, -0.2) is 15.0 Å². The van der Waals surface area contributed by atoms with Gasteiger partial charge in [-0.2, -0.15) is 0 Å². The lowest BCUT2D eigenvalue weighted by Gasteiger charge is -2.12. The maximum Gasteiger partial charge on any atom is 0.165 e. The summed E-state index contributed by atoms with van der Waals surface area (Å²) in [5, 5.41) is 6.56. The molecule has 0 N–H and O–H groups in total. The van der Waals surface area contributed by atoms with Gasteiger partial charge >= 0.3 is 0 Å². The summed E-state index contributed by atoms with van der Waals surface area (Å²) in [7, 11) is 0. The van der Waals surface area contributed by atoms with E-state index in [-0.39, 0.29) is 0 Å². The van der Waals surface area contributed by atoms with Crippen LogP contribution in [0.1, 0.15) is 0 Å². The van der Waals surface area contributed by atoms with Crippen LogP contribution < -0.4 is 0 Å². The van der Waals surface area contributed by atoms with Gasteiger partial charge in [0.15, 0.2) is 17.5 Å². The van der Waals surface area contributed by atoms with Gasteiger partial charge in [-0.05, 0) is 46.3 Å². The average Bonchev–Trinajstić information content (AvgIpc) is 3.83. The molecule has 4 nitrogen and oxygen atoms in total. The smallest absolute Gasteiger partial charge is 0.165 e. The monoisotopic (exact) mass is 707 g/mol. The maximum atomic E-state index is 6.81. The molecule has 0 atom stereocenters. The Labute approximate surface area is 314 Å². The van der Waals surface area contributed by atoms with E-state index < -0.39 is 0 Å². The number of nitrogens with zero attached hydrogens (tertiary/aromatic N) is 3. The number of benzene rings is 8. The van der Waals surface area contributed by atoms with Gasteiger partial charge in [-0.1, -0.05) is 152 Å². The molecule has 3 heterocycles. The van der Waals surface area contributed by atoms with E-state index in [2.05, 4.69) is 164 Å². The third-order valence-electron chi connectivity index (χ3n) is 10.3. The van der Waals surface area contributed by atoms with Crippen LogP contribution in [0.4, 0.5) is 0 Å². The molecule has 0 fully saturated rings. The van der Waals surface area contributed by atoms with Gasteiger partial charge in [0.25, 0.3) is 0 Å². The number of hydrogen-bond donors (Lipinski definition) is 0. The normalized spacial score (nSPS) is 11.7. The molecule has 252 valence electrons. The van der Waals surface area contributed by atoms with Gasteiger partial charge in [-0.3, -0.25) is 0 Å². The van der Waals surface area contributed by atoms with Crippen molar-refractivity contribution in [3.05, 3.63) is 176 Å². The summed E-state index contributed by atoms with van der Waals surface area (Å²) >= 11 is 1.78. The molecular weight excluding hydrogens is 679 g/mol. The Bertz CT molecular complexity index is 3220. The molecule has 5 heteroatoms. The van der Waals surface area contributed by atoms with Crippen LogP contribution in [0.25, 0.3) is 109 Å². The van der Waals surface area contributed by atoms with Crippen LogP contribution in [0.15, 0.2) is 180 Å². The predicted octanol–water partition coefficient (Wildman–Crippen LogP) is 13.6. The number of furan rings is 1. The Balaban J connectivity index is 1.19. The van der Waals surface area contributed by atoms with Gasteiger partial charge in [0.05, 0.1) is 0 Å². The van der Waals surface area contributed by atoms with E-state index in [1.165, 1.54) is 15.5 Å². The van der Waals surface area contributed by atoms with Crippen molar-refractivity contribution in [2.24, 2.45) is 0 Å². The van der Waals surface area contributed by atoms with E-state index in [1.807, 2.05) is 12.1 Å². The second-order valence-electron chi connectivity index (χ2n) is 13.5. The first-order chi connectivity index (χ1) is 26.8. The molecular formula is C49H29N3OS. The highest BCUT2D eigenvalue weighted by Gasteiger charge is 2.21. The molecule has 0 amide bonds. The minimum Gasteiger partial charge on any atom is -0.455 e. The number of aromatic nitrogens is 3. The number of rotatable bonds is 5. The fourth-order valence-electron chi connectivity index (χ4n) is 7.79. The summed E-state index contributed by atoms with van der Waals surface area (Å²) in [4.78, 5) is 15.9. The standard InChI is InChI=1S/C49H29N3OS/c1-3-14-30(15-4-1)32-18-11-19-33(28-32)47-50-48(40-26-13-25-39-36-21-9-10-27-43(36)54-46(39)40)52-49(51-47)42-29-41-38-24-12-23-34(31-16-5-2-6-17-31)44(38)53-45(41)37-22-8-7-20-35(37)42/h1-29H.